The zero-order chi connectivity index (χ0) is 25.9. The van der Waals surface area contributed by atoms with Gasteiger partial charge >= 0.3 is 6.36 Å². The van der Waals surface area contributed by atoms with Gasteiger partial charge in [-0.25, -0.2) is 0 Å². The highest BCUT2D eigenvalue weighted by molar-refractivity contribution is 6.06. The predicted molar refractivity (Wildman–Crippen MR) is 133 cm³/mol. The topological polar surface area (TPSA) is 60.7 Å². The smallest absolute Gasteiger partial charge is 0.493 e. The minimum Gasteiger partial charge on any atom is -0.493 e. The molecule has 5 nitrogen and oxygen atoms in total. The molecule has 0 fully saturated rings. The summed E-state index contributed by atoms with van der Waals surface area (Å²) in [6, 6.07) is 16.7. The highest BCUT2D eigenvalue weighted by Crippen LogP contribution is 2.40. The van der Waals surface area contributed by atoms with Crippen LogP contribution in [0.1, 0.15) is 25.0 Å². The van der Waals surface area contributed by atoms with Gasteiger partial charge in [-0.1, -0.05) is 30.3 Å². The van der Waals surface area contributed by atoms with Crippen LogP contribution in [0.2, 0.25) is 0 Å². The van der Waals surface area contributed by atoms with Crippen LogP contribution >= 0.6 is 0 Å². The number of allylic oxidation sites excluding steroid dienone is 1. The minimum absolute atomic E-state index is 0.330. The highest BCUT2D eigenvalue weighted by Gasteiger charge is 2.31. The van der Waals surface area contributed by atoms with Gasteiger partial charge < -0.3 is 19.2 Å². The number of nitrogens with one attached hydrogen (secondary N) is 1. The van der Waals surface area contributed by atoms with Crippen LogP contribution in [0.15, 0.2) is 77.4 Å². The molecule has 4 rings (SSSR count). The molecule has 0 atom stereocenters. The summed E-state index contributed by atoms with van der Waals surface area (Å²) < 4.78 is 52.7. The van der Waals surface area contributed by atoms with Gasteiger partial charge in [0.1, 0.15) is 17.1 Å². The van der Waals surface area contributed by atoms with Crippen molar-refractivity contribution in [1.29, 1.82) is 0 Å². The van der Waals surface area contributed by atoms with E-state index in [4.69, 9.17) is 9.15 Å². The number of carbonyl (C=O) groups is 1. The summed E-state index contributed by atoms with van der Waals surface area (Å²) in [5.41, 5.74) is 5.18. The Balaban J connectivity index is 1.65. The van der Waals surface area contributed by atoms with Gasteiger partial charge in [0.2, 0.25) is 5.91 Å². The third-order valence-corrected chi connectivity index (χ3v) is 5.55. The van der Waals surface area contributed by atoms with Gasteiger partial charge in [0.05, 0.1) is 12.9 Å². The van der Waals surface area contributed by atoms with Gasteiger partial charge in [-0.05, 0) is 62.2 Å². The maximum absolute atomic E-state index is 12.7. The van der Waals surface area contributed by atoms with Crippen molar-refractivity contribution in [2.24, 2.45) is 0 Å². The number of amides is 1. The lowest BCUT2D eigenvalue weighted by molar-refractivity contribution is -0.274. The van der Waals surface area contributed by atoms with Gasteiger partial charge in [0.25, 0.3) is 0 Å². The van der Waals surface area contributed by atoms with E-state index in [0.29, 0.717) is 29.2 Å². The summed E-state index contributed by atoms with van der Waals surface area (Å²) >= 11 is 0. The Morgan fingerprint density at radius 1 is 1.08 bits per heavy atom. The van der Waals surface area contributed by atoms with Crippen LogP contribution in [0.3, 0.4) is 0 Å². The number of ether oxygens (including phenoxy) is 2. The molecule has 0 aliphatic heterocycles. The first-order valence-electron chi connectivity index (χ1n) is 11.2. The largest absolute Gasteiger partial charge is 0.573 e. The van der Waals surface area contributed by atoms with Crippen molar-refractivity contribution in [3.05, 3.63) is 84.1 Å². The van der Waals surface area contributed by atoms with Crippen LogP contribution in [0.4, 0.5) is 18.9 Å². The first kappa shape index (κ1) is 24.9. The van der Waals surface area contributed by atoms with Gasteiger partial charge in [-0.3, -0.25) is 4.79 Å². The molecule has 1 aromatic heterocycles. The molecule has 8 heteroatoms. The Morgan fingerprint density at radius 2 is 1.78 bits per heavy atom. The molecule has 0 radical (unpaired) electrons. The molecule has 1 amide bonds. The molecular weight excluding hydrogens is 471 g/mol. The number of anilines is 1. The normalized spacial score (nSPS) is 12.0. The standard InChI is InChI=1S/C28H24F3NO4/c1-4-34-26-18(3)27-23(24(16-35-27)19-8-6-5-7-9-19)15-22(26)17(2)14-25(33)32-20-10-12-21(13-11-20)36-28(29,30)31/h5-16H,4H2,1-3H3,(H,32,33)/b17-14+. The maximum atomic E-state index is 12.7. The number of carbonyl (C=O) groups excluding carboxylic acids is 1. The molecule has 3 aromatic carbocycles. The lowest BCUT2D eigenvalue weighted by atomic mass is 9.96. The van der Waals surface area contributed by atoms with Crippen molar-refractivity contribution in [3.8, 4) is 22.6 Å². The SMILES string of the molecule is CCOc1c(/C(C)=C/C(=O)Nc2ccc(OC(F)(F)F)cc2)cc2c(-c3ccccc3)coc2c1C. The Kier molecular flexibility index (Phi) is 7.05. The van der Waals surface area contributed by atoms with Crippen LogP contribution in [0.5, 0.6) is 11.5 Å². The quantitative estimate of drug-likeness (QED) is 0.266. The van der Waals surface area contributed by atoms with E-state index in [9.17, 15) is 18.0 Å². The molecule has 0 aliphatic carbocycles. The van der Waals surface area contributed by atoms with E-state index in [2.05, 4.69) is 10.1 Å². The number of fused-ring (bicyclic) bond motifs is 1. The number of halogens is 3. The Hall–Kier alpha value is -4.20. The molecule has 0 spiro atoms. The molecule has 1 heterocycles. The van der Waals surface area contributed by atoms with Gasteiger partial charge in [0.15, 0.2) is 0 Å². The Morgan fingerprint density at radius 3 is 2.42 bits per heavy atom. The monoisotopic (exact) mass is 495 g/mol. The van der Waals surface area contributed by atoms with Crippen LogP contribution in [-0.4, -0.2) is 18.9 Å². The van der Waals surface area contributed by atoms with E-state index >= 15 is 0 Å². The number of aryl methyl sites for hydroxylation is 1. The van der Waals surface area contributed by atoms with E-state index in [0.717, 1.165) is 39.8 Å². The molecule has 186 valence electrons. The summed E-state index contributed by atoms with van der Waals surface area (Å²) in [4.78, 5) is 12.7. The second-order valence-corrected chi connectivity index (χ2v) is 8.09. The summed E-state index contributed by atoms with van der Waals surface area (Å²) in [7, 11) is 0. The molecule has 4 aromatic rings. The minimum atomic E-state index is -4.78. The molecule has 0 aliphatic rings. The second kappa shape index (κ2) is 10.2. The van der Waals surface area contributed by atoms with E-state index < -0.39 is 12.3 Å². The van der Waals surface area contributed by atoms with E-state index in [1.54, 1.807) is 13.2 Å². The summed E-state index contributed by atoms with van der Waals surface area (Å²) in [5, 5.41) is 3.55. The van der Waals surface area contributed by atoms with Crippen LogP contribution in [0.25, 0.3) is 27.7 Å². The number of rotatable bonds is 7. The van der Waals surface area contributed by atoms with Crippen molar-refractivity contribution in [1.82, 2.24) is 0 Å². The van der Waals surface area contributed by atoms with Gasteiger partial charge in [-0.15, -0.1) is 13.2 Å². The molecular formula is C28H24F3NO4. The lowest BCUT2D eigenvalue weighted by Gasteiger charge is -2.15. The van der Waals surface area contributed by atoms with E-state index in [1.165, 1.54) is 18.2 Å². The Bertz CT molecular complexity index is 1410. The molecule has 0 unspecified atom stereocenters. The fourth-order valence-corrected chi connectivity index (χ4v) is 3.97. The number of alkyl halides is 3. The average molecular weight is 495 g/mol. The maximum Gasteiger partial charge on any atom is 0.573 e. The molecule has 1 N–H and O–H groups in total. The lowest BCUT2D eigenvalue weighted by Crippen LogP contribution is -2.17. The summed E-state index contributed by atoms with van der Waals surface area (Å²) in [6.45, 7) is 6.01. The van der Waals surface area contributed by atoms with Crippen molar-refractivity contribution < 1.29 is 31.9 Å². The first-order valence-corrected chi connectivity index (χ1v) is 11.2. The van der Waals surface area contributed by atoms with Gasteiger partial charge in [-0.2, -0.15) is 0 Å². The predicted octanol–water partition coefficient (Wildman–Crippen LogP) is 7.75. The number of benzene rings is 3. The van der Waals surface area contributed by atoms with E-state index in [-0.39, 0.29) is 5.75 Å². The zero-order valence-electron chi connectivity index (χ0n) is 19.9. The van der Waals surface area contributed by atoms with Crippen molar-refractivity contribution in [3.63, 3.8) is 0 Å². The van der Waals surface area contributed by atoms with Crippen molar-refractivity contribution >= 4 is 28.1 Å². The number of furan rings is 1. The Labute approximate surface area is 206 Å². The van der Waals surface area contributed by atoms with Crippen LogP contribution < -0.4 is 14.8 Å². The molecule has 0 saturated carbocycles. The third-order valence-electron chi connectivity index (χ3n) is 5.55. The van der Waals surface area contributed by atoms with Crippen molar-refractivity contribution in [2.45, 2.75) is 27.1 Å². The fourth-order valence-electron chi connectivity index (χ4n) is 3.97. The fraction of sp³-hybridized carbons (Fsp3) is 0.179. The van der Waals surface area contributed by atoms with Crippen LogP contribution in [-0.2, 0) is 4.79 Å². The zero-order valence-corrected chi connectivity index (χ0v) is 19.9. The van der Waals surface area contributed by atoms with Crippen LogP contribution in [0, 0.1) is 6.92 Å². The highest BCUT2D eigenvalue weighted by atomic mass is 19.4. The summed E-state index contributed by atoms with van der Waals surface area (Å²) in [5.74, 6) is -0.187. The van der Waals surface area contributed by atoms with Crippen molar-refractivity contribution in [2.75, 3.05) is 11.9 Å². The van der Waals surface area contributed by atoms with Gasteiger partial charge in [0, 0.05) is 33.8 Å². The van der Waals surface area contributed by atoms with E-state index in [1.807, 2.05) is 50.2 Å². The number of hydrogen-bond acceptors (Lipinski definition) is 4. The second-order valence-electron chi connectivity index (χ2n) is 8.09. The number of hydrogen-bond donors (Lipinski definition) is 1. The molecule has 0 saturated heterocycles. The summed E-state index contributed by atoms with van der Waals surface area (Å²) in [6.07, 6.45) is -1.65. The first-order chi connectivity index (χ1) is 17.2. The molecule has 0 bridgehead atoms. The molecule has 36 heavy (non-hydrogen) atoms. The average Bonchev–Trinajstić information content (AvgIpc) is 3.26. The third kappa shape index (κ3) is 5.54.